The number of hydrogen-bond acceptors (Lipinski definition) is 4. The molecular weight excluding hydrogens is 266 g/mol. The van der Waals surface area contributed by atoms with Crippen molar-refractivity contribution in [3.63, 3.8) is 0 Å². The van der Waals surface area contributed by atoms with E-state index in [1.165, 1.54) is 4.88 Å². The topological polar surface area (TPSA) is 38.3 Å². The molecule has 2 rings (SSSR count). The van der Waals surface area contributed by atoms with Gasteiger partial charge in [-0.25, -0.2) is 0 Å². The van der Waals surface area contributed by atoms with E-state index in [0.717, 1.165) is 42.4 Å². The third kappa shape index (κ3) is 3.73. The Kier molecular flexibility index (Phi) is 5.53. The highest BCUT2D eigenvalue weighted by Crippen LogP contribution is 2.33. The molecule has 1 N–H and O–H groups in total. The van der Waals surface area contributed by atoms with Gasteiger partial charge in [-0.2, -0.15) is 11.8 Å². The van der Waals surface area contributed by atoms with Crippen LogP contribution in [-0.4, -0.2) is 30.6 Å². The minimum atomic E-state index is 0.0425. The van der Waals surface area contributed by atoms with Gasteiger partial charge < -0.3 is 10.1 Å². The van der Waals surface area contributed by atoms with Gasteiger partial charge in [-0.3, -0.25) is 4.79 Å². The lowest BCUT2D eigenvalue weighted by molar-refractivity contribution is 0.0960. The van der Waals surface area contributed by atoms with Crippen LogP contribution in [0.2, 0.25) is 0 Å². The summed E-state index contributed by atoms with van der Waals surface area (Å²) in [5.74, 6) is 2.12. The Balaban J connectivity index is 1.83. The summed E-state index contributed by atoms with van der Waals surface area (Å²) in [4.78, 5) is 13.9. The van der Waals surface area contributed by atoms with E-state index in [0.29, 0.717) is 0 Å². The fourth-order valence-electron chi connectivity index (χ4n) is 1.92. The van der Waals surface area contributed by atoms with Crippen LogP contribution in [0.15, 0.2) is 12.1 Å². The van der Waals surface area contributed by atoms with Gasteiger partial charge in [-0.05, 0) is 30.7 Å². The van der Waals surface area contributed by atoms with Gasteiger partial charge in [0.1, 0.15) is 0 Å². The smallest absolute Gasteiger partial charge is 0.261 e. The molecule has 3 nitrogen and oxygen atoms in total. The molecule has 1 atom stereocenters. The first kappa shape index (κ1) is 13.9. The molecule has 5 heteroatoms. The third-order valence-electron chi connectivity index (χ3n) is 2.83. The fraction of sp³-hybridized carbons (Fsp3) is 0.615. The number of nitrogens with one attached hydrogen (secondary N) is 1. The highest BCUT2D eigenvalue weighted by molar-refractivity contribution is 7.99. The van der Waals surface area contributed by atoms with Crippen LogP contribution < -0.4 is 5.32 Å². The van der Waals surface area contributed by atoms with Crippen LogP contribution in [-0.2, 0) is 4.74 Å². The lowest BCUT2D eigenvalue weighted by Crippen LogP contribution is -2.24. The second-order valence-electron chi connectivity index (χ2n) is 4.16. The molecule has 1 aromatic rings. The Hall–Kier alpha value is -0.520. The minimum absolute atomic E-state index is 0.0425. The number of thioether (sulfide) groups is 1. The van der Waals surface area contributed by atoms with E-state index in [9.17, 15) is 4.79 Å². The van der Waals surface area contributed by atoms with Crippen molar-refractivity contribution >= 4 is 29.0 Å². The zero-order valence-electron chi connectivity index (χ0n) is 10.6. The first-order valence-corrected chi connectivity index (χ1v) is 8.35. The van der Waals surface area contributed by atoms with E-state index in [-0.39, 0.29) is 12.0 Å². The molecule has 18 heavy (non-hydrogen) atoms. The van der Waals surface area contributed by atoms with Gasteiger partial charge in [0.15, 0.2) is 0 Å². The summed E-state index contributed by atoms with van der Waals surface area (Å²) in [5.41, 5.74) is 0. The molecule has 0 aromatic carbocycles. The van der Waals surface area contributed by atoms with Crippen molar-refractivity contribution in [2.45, 2.75) is 25.9 Å². The normalized spacial score (nSPS) is 19.1. The van der Waals surface area contributed by atoms with E-state index in [1.54, 1.807) is 11.3 Å². The van der Waals surface area contributed by atoms with E-state index in [4.69, 9.17) is 4.74 Å². The van der Waals surface area contributed by atoms with E-state index in [1.807, 2.05) is 23.9 Å². The minimum Gasteiger partial charge on any atom is -0.373 e. The van der Waals surface area contributed by atoms with Crippen molar-refractivity contribution in [1.82, 2.24) is 5.32 Å². The Morgan fingerprint density at radius 3 is 3.22 bits per heavy atom. The zero-order chi connectivity index (χ0) is 12.8. The van der Waals surface area contributed by atoms with Gasteiger partial charge in [0, 0.05) is 23.8 Å². The van der Waals surface area contributed by atoms with Gasteiger partial charge in [0.2, 0.25) is 0 Å². The molecule has 1 fully saturated rings. The molecule has 1 aliphatic heterocycles. The predicted octanol–water partition coefficient (Wildman–Crippen LogP) is 3.08. The highest BCUT2D eigenvalue weighted by atomic mass is 32.2. The van der Waals surface area contributed by atoms with Crippen molar-refractivity contribution in [3.05, 3.63) is 21.9 Å². The number of carbonyl (C=O) groups is 1. The maximum atomic E-state index is 11.9. The second kappa shape index (κ2) is 7.16. The molecule has 0 bridgehead atoms. The molecule has 0 saturated carbocycles. The largest absolute Gasteiger partial charge is 0.373 e. The zero-order valence-corrected chi connectivity index (χ0v) is 12.2. The van der Waals surface area contributed by atoms with E-state index < -0.39 is 0 Å². The van der Waals surface area contributed by atoms with Crippen molar-refractivity contribution in [1.29, 1.82) is 0 Å². The van der Waals surface area contributed by atoms with Gasteiger partial charge in [0.05, 0.1) is 11.0 Å². The predicted molar refractivity (Wildman–Crippen MR) is 77.6 cm³/mol. The summed E-state index contributed by atoms with van der Waals surface area (Å²) in [6, 6.07) is 3.93. The van der Waals surface area contributed by atoms with Crippen LogP contribution in [0.25, 0.3) is 0 Å². The third-order valence-corrected chi connectivity index (χ3v) is 4.91. The van der Waals surface area contributed by atoms with Gasteiger partial charge >= 0.3 is 0 Å². The monoisotopic (exact) mass is 285 g/mol. The van der Waals surface area contributed by atoms with Crippen LogP contribution in [0.5, 0.6) is 0 Å². The molecule has 1 aliphatic rings. The van der Waals surface area contributed by atoms with Crippen LogP contribution in [0.1, 0.15) is 40.4 Å². The van der Waals surface area contributed by atoms with Gasteiger partial charge in [0.25, 0.3) is 5.91 Å². The molecule has 1 aromatic heterocycles. The number of amides is 1. The lowest BCUT2D eigenvalue weighted by Gasteiger charge is -2.05. The summed E-state index contributed by atoms with van der Waals surface area (Å²) in [6.07, 6.45) is 2.42. The standard InChI is InChI=1S/C13H19NO2S2/c1-2-17-9-7-14-13(15)12-6-5-11(18-12)10-4-3-8-16-10/h5-6,10H,2-4,7-9H2,1H3,(H,14,15). The Morgan fingerprint density at radius 2 is 2.50 bits per heavy atom. The molecular formula is C13H19NO2S2. The number of thiophene rings is 1. The Morgan fingerprint density at radius 1 is 1.61 bits per heavy atom. The fourth-order valence-corrected chi connectivity index (χ4v) is 3.46. The molecule has 1 amide bonds. The van der Waals surface area contributed by atoms with Crippen molar-refractivity contribution < 1.29 is 9.53 Å². The first-order valence-electron chi connectivity index (χ1n) is 6.38. The Labute approximate surface area is 116 Å². The summed E-state index contributed by atoms with van der Waals surface area (Å²) in [7, 11) is 0. The summed E-state index contributed by atoms with van der Waals surface area (Å²) < 4.78 is 5.62. The average Bonchev–Trinajstić information content (AvgIpc) is 3.03. The average molecular weight is 285 g/mol. The van der Waals surface area contributed by atoms with Crippen molar-refractivity contribution in [2.75, 3.05) is 24.7 Å². The van der Waals surface area contributed by atoms with Gasteiger partial charge in [-0.1, -0.05) is 6.92 Å². The number of ether oxygens (including phenoxy) is 1. The summed E-state index contributed by atoms with van der Waals surface area (Å²) in [6.45, 7) is 3.71. The highest BCUT2D eigenvalue weighted by Gasteiger charge is 2.20. The van der Waals surface area contributed by atoms with Crippen LogP contribution in [0, 0.1) is 0 Å². The SMILES string of the molecule is CCSCCNC(=O)c1ccc(C2CCCO2)s1. The van der Waals surface area contributed by atoms with Crippen LogP contribution in [0.3, 0.4) is 0 Å². The molecule has 0 radical (unpaired) electrons. The van der Waals surface area contributed by atoms with Crippen molar-refractivity contribution in [3.8, 4) is 0 Å². The number of rotatable bonds is 6. The van der Waals surface area contributed by atoms with Gasteiger partial charge in [-0.15, -0.1) is 11.3 Å². The second-order valence-corrected chi connectivity index (χ2v) is 6.67. The molecule has 0 spiro atoms. The molecule has 1 unspecified atom stereocenters. The number of carbonyl (C=O) groups excluding carboxylic acids is 1. The molecule has 1 saturated heterocycles. The summed E-state index contributed by atoms with van der Waals surface area (Å²) >= 11 is 3.40. The maximum absolute atomic E-state index is 11.9. The summed E-state index contributed by atoms with van der Waals surface area (Å²) in [5, 5.41) is 2.95. The van der Waals surface area contributed by atoms with E-state index in [2.05, 4.69) is 12.2 Å². The molecule has 0 aliphatic carbocycles. The quantitative estimate of drug-likeness (QED) is 0.816. The van der Waals surface area contributed by atoms with Crippen molar-refractivity contribution in [2.24, 2.45) is 0 Å². The van der Waals surface area contributed by atoms with E-state index >= 15 is 0 Å². The molecule has 2 heterocycles. The van der Waals surface area contributed by atoms with Crippen LogP contribution >= 0.6 is 23.1 Å². The Bertz CT molecular complexity index is 386. The molecule has 100 valence electrons. The number of hydrogen-bond donors (Lipinski definition) is 1. The maximum Gasteiger partial charge on any atom is 0.261 e. The first-order chi connectivity index (χ1) is 8.81. The lowest BCUT2D eigenvalue weighted by atomic mass is 10.2. The van der Waals surface area contributed by atoms with Crippen LogP contribution in [0.4, 0.5) is 0 Å².